The lowest BCUT2D eigenvalue weighted by atomic mass is 10.1. The Hall–Kier alpha value is -3.26. The molecule has 1 saturated heterocycles. The van der Waals surface area contributed by atoms with E-state index in [0.29, 0.717) is 24.6 Å². The van der Waals surface area contributed by atoms with Gasteiger partial charge in [-0.25, -0.2) is 14.4 Å². The molecule has 1 aromatic carbocycles. The summed E-state index contributed by atoms with van der Waals surface area (Å²) in [5, 5.41) is 5.25. The van der Waals surface area contributed by atoms with E-state index in [0.717, 1.165) is 40.2 Å². The molecule has 0 radical (unpaired) electrons. The van der Waals surface area contributed by atoms with E-state index in [2.05, 4.69) is 21.9 Å². The highest BCUT2D eigenvalue weighted by Crippen LogP contribution is 2.32. The Kier molecular flexibility index (Phi) is 4.51. The molecule has 0 amide bonds. The van der Waals surface area contributed by atoms with Gasteiger partial charge in [-0.1, -0.05) is 0 Å². The van der Waals surface area contributed by atoms with Crippen LogP contribution in [0.25, 0.3) is 33.7 Å². The molecule has 1 atom stereocenters. The minimum Gasteiger partial charge on any atom is -0.377 e. The van der Waals surface area contributed by atoms with E-state index in [9.17, 15) is 4.39 Å². The SMILES string of the molecule is Cc1cnn(C)c1-c1cc(N2CCOCC2C)nc(-c2cc(F)cc3[nH]ccc23)n1. The van der Waals surface area contributed by atoms with Gasteiger partial charge in [-0.05, 0) is 37.6 Å². The molecule has 1 fully saturated rings. The van der Waals surface area contributed by atoms with Crippen LogP contribution in [0.4, 0.5) is 10.2 Å². The van der Waals surface area contributed by atoms with Crippen molar-refractivity contribution in [2.75, 3.05) is 24.7 Å². The minimum atomic E-state index is -0.327. The van der Waals surface area contributed by atoms with Gasteiger partial charge in [-0.15, -0.1) is 0 Å². The van der Waals surface area contributed by atoms with Crippen molar-refractivity contribution in [3.63, 3.8) is 0 Å². The maximum Gasteiger partial charge on any atom is 0.162 e. The van der Waals surface area contributed by atoms with Crippen molar-refractivity contribution in [3.8, 4) is 22.8 Å². The molecular formula is C22H23FN6O. The average molecular weight is 406 g/mol. The molecule has 0 saturated carbocycles. The Morgan fingerprint density at radius 2 is 2.10 bits per heavy atom. The standard InChI is InChI=1S/C22H23FN6O/c1-13-11-25-28(3)21(13)19-10-20(29-6-7-30-12-14(29)2)27-22(26-19)17-8-15(23)9-18-16(17)4-5-24-18/h4-5,8-11,14,24H,6-7,12H2,1-3H3. The fourth-order valence-corrected chi connectivity index (χ4v) is 4.12. The number of aromatic amines is 1. The number of fused-ring (bicyclic) bond motifs is 1. The Bertz CT molecular complexity index is 1210. The molecule has 1 unspecified atom stereocenters. The highest BCUT2D eigenvalue weighted by molar-refractivity contribution is 5.94. The highest BCUT2D eigenvalue weighted by atomic mass is 19.1. The second kappa shape index (κ2) is 7.21. The van der Waals surface area contributed by atoms with Gasteiger partial charge in [-0.3, -0.25) is 4.68 Å². The third kappa shape index (κ3) is 3.13. The zero-order chi connectivity index (χ0) is 20.8. The first-order valence-corrected chi connectivity index (χ1v) is 10.0. The van der Waals surface area contributed by atoms with Crippen molar-refractivity contribution in [1.29, 1.82) is 0 Å². The molecule has 0 spiro atoms. The van der Waals surface area contributed by atoms with Gasteiger partial charge in [0.15, 0.2) is 5.82 Å². The number of morpholine rings is 1. The number of aromatic nitrogens is 5. The lowest BCUT2D eigenvalue weighted by molar-refractivity contribution is 0.0985. The molecule has 4 aromatic rings. The summed E-state index contributed by atoms with van der Waals surface area (Å²) in [4.78, 5) is 15.0. The summed E-state index contributed by atoms with van der Waals surface area (Å²) in [6.07, 6.45) is 3.62. The van der Waals surface area contributed by atoms with Gasteiger partial charge in [0.05, 0.1) is 36.8 Å². The number of halogens is 1. The van der Waals surface area contributed by atoms with Crippen molar-refractivity contribution < 1.29 is 9.13 Å². The van der Waals surface area contributed by atoms with Crippen LogP contribution in [0.3, 0.4) is 0 Å². The first-order valence-electron chi connectivity index (χ1n) is 10.0. The third-order valence-corrected chi connectivity index (χ3v) is 5.61. The van der Waals surface area contributed by atoms with Crippen LogP contribution in [-0.2, 0) is 11.8 Å². The maximum atomic E-state index is 14.4. The second-order valence-corrected chi connectivity index (χ2v) is 7.74. The molecule has 154 valence electrons. The molecule has 8 heteroatoms. The van der Waals surface area contributed by atoms with E-state index in [1.54, 1.807) is 6.20 Å². The summed E-state index contributed by atoms with van der Waals surface area (Å²) in [5.74, 6) is 0.970. The zero-order valence-electron chi connectivity index (χ0n) is 17.2. The molecule has 7 nitrogen and oxygen atoms in total. The molecule has 1 N–H and O–H groups in total. The van der Waals surface area contributed by atoms with Crippen molar-refractivity contribution in [1.82, 2.24) is 24.7 Å². The van der Waals surface area contributed by atoms with Gasteiger partial charge >= 0.3 is 0 Å². The van der Waals surface area contributed by atoms with Crippen LogP contribution in [0.15, 0.2) is 36.7 Å². The number of hydrogen-bond donors (Lipinski definition) is 1. The number of benzene rings is 1. The predicted octanol–water partition coefficient (Wildman–Crippen LogP) is 3.70. The summed E-state index contributed by atoms with van der Waals surface area (Å²) < 4.78 is 21.8. The van der Waals surface area contributed by atoms with E-state index in [-0.39, 0.29) is 11.9 Å². The molecule has 0 bridgehead atoms. The van der Waals surface area contributed by atoms with Crippen LogP contribution in [0.5, 0.6) is 0 Å². The quantitative estimate of drug-likeness (QED) is 0.562. The first kappa shape index (κ1) is 18.7. The molecule has 1 aliphatic heterocycles. The van der Waals surface area contributed by atoms with E-state index in [1.807, 2.05) is 37.0 Å². The van der Waals surface area contributed by atoms with Crippen molar-refractivity contribution >= 4 is 16.7 Å². The Labute approximate surface area is 173 Å². The lowest BCUT2D eigenvalue weighted by Crippen LogP contribution is -2.44. The third-order valence-electron chi connectivity index (χ3n) is 5.61. The molecule has 3 aromatic heterocycles. The van der Waals surface area contributed by atoms with Crippen LogP contribution in [0.2, 0.25) is 0 Å². The normalized spacial score (nSPS) is 17.1. The highest BCUT2D eigenvalue weighted by Gasteiger charge is 2.24. The average Bonchev–Trinajstić information content (AvgIpc) is 3.33. The number of nitrogens with one attached hydrogen (secondary N) is 1. The van der Waals surface area contributed by atoms with Crippen LogP contribution < -0.4 is 4.90 Å². The van der Waals surface area contributed by atoms with E-state index in [4.69, 9.17) is 14.7 Å². The first-order chi connectivity index (χ1) is 14.5. The number of ether oxygens (including phenoxy) is 1. The fourth-order valence-electron chi connectivity index (χ4n) is 4.12. The smallest absolute Gasteiger partial charge is 0.162 e. The summed E-state index contributed by atoms with van der Waals surface area (Å²) in [7, 11) is 1.90. The van der Waals surface area contributed by atoms with Gasteiger partial charge < -0.3 is 14.6 Å². The predicted molar refractivity (Wildman–Crippen MR) is 114 cm³/mol. The van der Waals surface area contributed by atoms with Crippen LogP contribution in [0, 0.1) is 12.7 Å². The van der Waals surface area contributed by atoms with Crippen LogP contribution >= 0.6 is 0 Å². The van der Waals surface area contributed by atoms with E-state index >= 15 is 0 Å². The van der Waals surface area contributed by atoms with Crippen molar-refractivity contribution in [2.24, 2.45) is 7.05 Å². The van der Waals surface area contributed by atoms with Crippen LogP contribution in [-0.4, -0.2) is 50.5 Å². The molecular weight excluding hydrogens is 383 g/mol. The van der Waals surface area contributed by atoms with Crippen molar-refractivity contribution in [2.45, 2.75) is 19.9 Å². The summed E-state index contributed by atoms with van der Waals surface area (Å²) in [6, 6.07) is 7.08. The molecule has 30 heavy (non-hydrogen) atoms. The molecule has 5 rings (SSSR count). The van der Waals surface area contributed by atoms with E-state index in [1.165, 1.54) is 12.1 Å². The number of hydrogen-bond acceptors (Lipinski definition) is 5. The van der Waals surface area contributed by atoms with Crippen LogP contribution in [0.1, 0.15) is 12.5 Å². The minimum absolute atomic E-state index is 0.182. The number of aryl methyl sites for hydroxylation is 2. The second-order valence-electron chi connectivity index (χ2n) is 7.74. The Balaban J connectivity index is 1.75. The topological polar surface area (TPSA) is 71.9 Å². The van der Waals surface area contributed by atoms with Crippen molar-refractivity contribution in [3.05, 3.63) is 48.0 Å². The Morgan fingerprint density at radius 3 is 2.87 bits per heavy atom. The zero-order valence-corrected chi connectivity index (χ0v) is 17.2. The number of anilines is 1. The summed E-state index contributed by atoms with van der Waals surface area (Å²) >= 11 is 0. The van der Waals surface area contributed by atoms with Gasteiger partial charge in [-0.2, -0.15) is 5.10 Å². The lowest BCUT2D eigenvalue weighted by Gasteiger charge is -2.34. The molecule has 0 aliphatic carbocycles. The largest absolute Gasteiger partial charge is 0.377 e. The fraction of sp³-hybridized carbons (Fsp3) is 0.318. The monoisotopic (exact) mass is 406 g/mol. The van der Waals surface area contributed by atoms with E-state index < -0.39 is 0 Å². The summed E-state index contributed by atoms with van der Waals surface area (Å²) in [6.45, 7) is 6.15. The molecule has 4 heterocycles. The summed E-state index contributed by atoms with van der Waals surface area (Å²) in [5.41, 5.74) is 4.09. The molecule has 1 aliphatic rings. The van der Waals surface area contributed by atoms with Gasteiger partial charge in [0, 0.05) is 42.3 Å². The Morgan fingerprint density at radius 1 is 1.23 bits per heavy atom. The van der Waals surface area contributed by atoms with Gasteiger partial charge in [0.1, 0.15) is 11.6 Å². The number of nitrogens with zero attached hydrogens (tertiary/aromatic N) is 5. The van der Waals surface area contributed by atoms with Gasteiger partial charge in [0.25, 0.3) is 0 Å². The van der Waals surface area contributed by atoms with Gasteiger partial charge in [0.2, 0.25) is 0 Å². The number of H-pyrrole nitrogens is 1. The number of rotatable bonds is 3. The maximum absolute atomic E-state index is 14.4.